The van der Waals surface area contributed by atoms with E-state index in [-0.39, 0.29) is 5.41 Å². The lowest BCUT2D eigenvalue weighted by molar-refractivity contribution is 0.660. The molecule has 5 aliphatic carbocycles. The van der Waals surface area contributed by atoms with Crippen molar-refractivity contribution in [2.75, 3.05) is 4.90 Å². The van der Waals surface area contributed by atoms with Crippen molar-refractivity contribution in [2.45, 2.75) is 44.9 Å². The molecule has 0 N–H and O–H groups in total. The van der Waals surface area contributed by atoms with E-state index < -0.39 is 0 Å². The lowest BCUT2D eigenvalue weighted by Gasteiger charge is -2.32. The van der Waals surface area contributed by atoms with Crippen LogP contribution in [0.2, 0.25) is 0 Å². The quantitative estimate of drug-likeness (QED) is 0.180. The number of hydrogen-bond donors (Lipinski definition) is 0. The molecule has 12 rings (SSSR count). The molecule has 4 bridgehead atoms. The van der Waals surface area contributed by atoms with Crippen molar-refractivity contribution >= 4 is 17.1 Å². The number of aryl methyl sites for hydroxylation is 4. The largest absolute Gasteiger partial charge is 0.310 e. The fourth-order valence-electron chi connectivity index (χ4n) is 8.24. The van der Waals surface area contributed by atoms with Gasteiger partial charge in [0.15, 0.2) is 0 Å². The van der Waals surface area contributed by atoms with Crippen LogP contribution in [0.3, 0.4) is 0 Å². The van der Waals surface area contributed by atoms with Crippen LogP contribution < -0.4 is 4.90 Å². The molecule has 0 spiro atoms. The molecule has 0 fully saturated rings. The number of fused-ring (bicyclic) bond motifs is 3. The van der Waals surface area contributed by atoms with Crippen molar-refractivity contribution in [3.63, 3.8) is 0 Å². The molecule has 0 amide bonds. The molecule has 7 aromatic carbocycles. The number of anilines is 3. The number of rotatable bonds is 5. The summed E-state index contributed by atoms with van der Waals surface area (Å²) in [6.07, 6.45) is 4.01. The van der Waals surface area contributed by atoms with Crippen LogP contribution in [0.15, 0.2) is 164 Å². The SMILES string of the molecule is CC1(C)c2ccccc2-c2cc(-c3ccccc3)c(N(c3ccc(-c4ccccc4)cc3)c3cc4ccc3CCc3ccc(cc3)CC4)cc21. The fraction of sp³-hybridized carbons (Fsp3) is 0.143. The first-order valence-electron chi connectivity index (χ1n) is 18.0. The van der Waals surface area contributed by atoms with Gasteiger partial charge in [-0.3, -0.25) is 0 Å². The summed E-state index contributed by atoms with van der Waals surface area (Å²) in [6, 6.07) is 61.4. The third kappa shape index (κ3) is 5.35. The predicted molar refractivity (Wildman–Crippen MR) is 211 cm³/mol. The summed E-state index contributed by atoms with van der Waals surface area (Å²) < 4.78 is 0. The zero-order valence-corrected chi connectivity index (χ0v) is 28.9. The molecule has 1 heteroatoms. The van der Waals surface area contributed by atoms with Gasteiger partial charge in [0.2, 0.25) is 0 Å². The standard InChI is InChI=1S/C49H41N/c1-49(2)45-16-10-9-15-42(45)44-32-43(39-13-7-4-8-14-39)48(33-46(44)49)50(41-29-27-38(28-30-41)37-11-5-3-6-12-37)47-31-36-22-21-34-17-19-35(20-18-34)23-25-40(47)26-24-36/h3-20,24,26-33H,21-23,25H2,1-2H3. The predicted octanol–water partition coefficient (Wildman–Crippen LogP) is 12.7. The Kier molecular flexibility index (Phi) is 7.50. The first kappa shape index (κ1) is 30.4. The normalized spacial score (nSPS) is 14.0. The fourth-order valence-corrected chi connectivity index (χ4v) is 8.24. The van der Waals surface area contributed by atoms with Crippen LogP contribution in [0.1, 0.15) is 47.2 Å². The van der Waals surface area contributed by atoms with E-state index in [0.717, 1.165) is 25.7 Å². The minimum absolute atomic E-state index is 0.119. The molecule has 0 aromatic heterocycles. The molecule has 0 saturated carbocycles. The van der Waals surface area contributed by atoms with Crippen molar-refractivity contribution in [1.82, 2.24) is 0 Å². The van der Waals surface area contributed by atoms with Crippen molar-refractivity contribution in [3.05, 3.63) is 197 Å². The zero-order chi connectivity index (χ0) is 33.7. The first-order valence-corrected chi connectivity index (χ1v) is 18.0. The van der Waals surface area contributed by atoms with E-state index in [1.165, 1.54) is 83.8 Å². The van der Waals surface area contributed by atoms with Gasteiger partial charge in [0.05, 0.1) is 5.69 Å². The summed E-state index contributed by atoms with van der Waals surface area (Å²) in [4.78, 5) is 2.57. The number of nitrogens with zero attached hydrogens (tertiary/aromatic N) is 1. The highest BCUT2D eigenvalue weighted by Gasteiger charge is 2.37. The topological polar surface area (TPSA) is 3.24 Å². The van der Waals surface area contributed by atoms with Crippen molar-refractivity contribution < 1.29 is 0 Å². The van der Waals surface area contributed by atoms with E-state index in [4.69, 9.17) is 0 Å². The summed E-state index contributed by atoms with van der Waals surface area (Å²) in [5.41, 5.74) is 19.5. The third-order valence-electron chi connectivity index (χ3n) is 11.1. The van der Waals surface area contributed by atoms with Gasteiger partial charge in [-0.2, -0.15) is 0 Å². The highest BCUT2D eigenvalue weighted by Crippen LogP contribution is 2.53. The van der Waals surface area contributed by atoms with Gasteiger partial charge in [-0.15, -0.1) is 0 Å². The summed E-state index contributed by atoms with van der Waals surface area (Å²) in [7, 11) is 0. The van der Waals surface area contributed by atoms with Crippen LogP contribution in [0, 0.1) is 0 Å². The molecule has 5 aliphatic rings. The molecule has 0 heterocycles. The van der Waals surface area contributed by atoms with Crippen LogP contribution in [-0.4, -0.2) is 0 Å². The Morgan fingerprint density at radius 3 is 1.70 bits per heavy atom. The lowest BCUT2D eigenvalue weighted by atomic mass is 9.81. The van der Waals surface area contributed by atoms with E-state index >= 15 is 0 Å². The second-order valence-corrected chi connectivity index (χ2v) is 14.5. The van der Waals surface area contributed by atoms with E-state index in [0.29, 0.717) is 0 Å². The second-order valence-electron chi connectivity index (χ2n) is 14.5. The van der Waals surface area contributed by atoms with E-state index in [1.54, 1.807) is 0 Å². The molecular formula is C49H41N. The van der Waals surface area contributed by atoms with Gasteiger partial charge in [0.1, 0.15) is 0 Å². The van der Waals surface area contributed by atoms with Crippen molar-refractivity contribution in [2.24, 2.45) is 0 Å². The lowest BCUT2D eigenvalue weighted by Crippen LogP contribution is -2.18. The molecule has 0 saturated heterocycles. The molecular weight excluding hydrogens is 603 g/mol. The van der Waals surface area contributed by atoms with Gasteiger partial charge in [0.25, 0.3) is 0 Å². The molecule has 0 aliphatic heterocycles. The average molecular weight is 644 g/mol. The van der Waals surface area contributed by atoms with Crippen LogP contribution in [0.4, 0.5) is 17.1 Å². The Labute approximate surface area is 296 Å². The molecule has 0 atom stereocenters. The Balaban J connectivity index is 1.30. The average Bonchev–Trinajstić information content (AvgIpc) is 3.39. The summed E-state index contributed by atoms with van der Waals surface area (Å²) in [5.74, 6) is 0. The van der Waals surface area contributed by atoms with Crippen LogP contribution >= 0.6 is 0 Å². The maximum Gasteiger partial charge on any atom is 0.0543 e. The molecule has 7 aromatic rings. The maximum absolute atomic E-state index is 2.57. The monoisotopic (exact) mass is 643 g/mol. The van der Waals surface area contributed by atoms with Gasteiger partial charge in [0, 0.05) is 22.4 Å². The van der Waals surface area contributed by atoms with Gasteiger partial charge in [-0.1, -0.05) is 147 Å². The maximum atomic E-state index is 2.57. The molecule has 50 heavy (non-hydrogen) atoms. The minimum Gasteiger partial charge on any atom is -0.310 e. The Morgan fingerprint density at radius 1 is 0.400 bits per heavy atom. The number of benzene rings is 7. The summed E-state index contributed by atoms with van der Waals surface area (Å²) >= 11 is 0. The summed E-state index contributed by atoms with van der Waals surface area (Å²) in [6.45, 7) is 4.77. The van der Waals surface area contributed by atoms with E-state index in [1.807, 2.05) is 0 Å². The Bertz CT molecular complexity index is 2310. The van der Waals surface area contributed by atoms with Crippen LogP contribution in [-0.2, 0) is 31.1 Å². The van der Waals surface area contributed by atoms with Crippen LogP contribution in [0.5, 0.6) is 0 Å². The third-order valence-corrected chi connectivity index (χ3v) is 11.1. The van der Waals surface area contributed by atoms with E-state index in [2.05, 4.69) is 183 Å². The Hall–Kier alpha value is -5.66. The molecule has 1 nitrogen and oxygen atoms in total. The van der Waals surface area contributed by atoms with E-state index in [9.17, 15) is 0 Å². The smallest absolute Gasteiger partial charge is 0.0543 e. The molecule has 242 valence electrons. The first-order chi connectivity index (χ1) is 24.5. The Morgan fingerprint density at radius 2 is 0.980 bits per heavy atom. The van der Waals surface area contributed by atoms with Crippen molar-refractivity contribution in [3.8, 4) is 33.4 Å². The van der Waals surface area contributed by atoms with Crippen molar-refractivity contribution in [1.29, 1.82) is 0 Å². The zero-order valence-electron chi connectivity index (χ0n) is 28.9. The highest BCUT2D eigenvalue weighted by molar-refractivity contribution is 5.95. The number of hydrogen-bond acceptors (Lipinski definition) is 1. The van der Waals surface area contributed by atoms with Gasteiger partial charge in [-0.25, -0.2) is 0 Å². The molecule has 0 radical (unpaired) electrons. The van der Waals surface area contributed by atoms with Gasteiger partial charge >= 0.3 is 0 Å². The van der Waals surface area contributed by atoms with Gasteiger partial charge in [-0.05, 0) is 117 Å². The summed E-state index contributed by atoms with van der Waals surface area (Å²) in [5, 5.41) is 0. The minimum atomic E-state index is -0.119. The second kappa shape index (κ2) is 12.3. The highest BCUT2D eigenvalue weighted by atomic mass is 15.1. The van der Waals surface area contributed by atoms with Crippen LogP contribution in [0.25, 0.3) is 33.4 Å². The molecule has 0 unspecified atom stereocenters. The van der Waals surface area contributed by atoms with Gasteiger partial charge < -0.3 is 4.90 Å².